The molecule has 46 heavy (non-hydrogen) atoms. The average Bonchev–Trinajstić information content (AvgIpc) is 3.42. The lowest BCUT2D eigenvalue weighted by Crippen LogP contribution is -2.26. The molecule has 5 aromatic rings. The Morgan fingerprint density at radius 2 is 1.78 bits per heavy atom. The van der Waals surface area contributed by atoms with Crippen molar-refractivity contribution in [3.63, 3.8) is 0 Å². The first-order valence-electron chi connectivity index (χ1n) is 15.2. The van der Waals surface area contributed by atoms with Crippen molar-refractivity contribution < 1.29 is 22.7 Å². The topological polar surface area (TPSA) is 114 Å². The number of carbonyl (C=O) groups excluding carboxylic acids is 1. The van der Waals surface area contributed by atoms with Gasteiger partial charge >= 0.3 is 5.97 Å². The second-order valence-corrected chi connectivity index (χ2v) is 14.8. The average molecular weight is 639 g/mol. The van der Waals surface area contributed by atoms with Crippen molar-refractivity contribution >= 4 is 27.0 Å². The van der Waals surface area contributed by atoms with Crippen LogP contribution in [-0.2, 0) is 27.5 Å². The van der Waals surface area contributed by atoms with Crippen LogP contribution >= 0.6 is 0 Å². The molecular formula is C36H38N4O5S. The summed E-state index contributed by atoms with van der Waals surface area (Å²) in [6, 6.07) is 14.8. The van der Waals surface area contributed by atoms with Crippen molar-refractivity contribution in [2.45, 2.75) is 63.1 Å². The predicted molar refractivity (Wildman–Crippen MR) is 178 cm³/mol. The number of hydrogen-bond acceptors (Lipinski definition) is 8. The van der Waals surface area contributed by atoms with E-state index >= 15 is 0 Å². The predicted octanol–water partition coefficient (Wildman–Crippen LogP) is 6.69. The normalized spacial score (nSPS) is 13.9. The number of aromatic amines is 1. The van der Waals surface area contributed by atoms with Crippen LogP contribution in [0.1, 0.15) is 53.4 Å². The molecule has 0 aliphatic carbocycles. The maximum atomic E-state index is 14.4. The molecule has 1 aliphatic heterocycles. The van der Waals surface area contributed by atoms with Crippen molar-refractivity contribution in [3.05, 3.63) is 88.7 Å². The number of rotatable bonds is 6. The Morgan fingerprint density at radius 1 is 1.00 bits per heavy atom. The fraction of sp³-hybridized carbons (Fsp3) is 0.306. The molecule has 0 radical (unpaired) electrons. The molecule has 0 unspecified atom stereocenters. The van der Waals surface area contributed by atoms with Gasteiger partial charge in [0.05, 0.1) is 23.8 Å². The summed E-state index contributed by atoms with van der Waals surface area (Å²) in [5, 5.41) is -0.153. The quantitative estimate of drug-likeness (QED) is 0.205. The van der Waals surface area contributed by atoms with Gasteiger partial charge in [-0.3, -0.25) is 0 Å². The molecule has 1 N–H and O–H groups in total. The number of esters is 1. The fourth-order valence-electron chi connectivity index (χ4n) is 5.96. The molecule has 0 saturated carbocycles. The van der Waals surface area contributed by atoms with E-state index in [4.69, 9.17) is 9.47 Å². The highest BCUT2D eigenvalue weighted by Gasteiger charge is 2.28. The summed E-state index contributed by atoms with van der Waals surface area (Å²) < 4.78 is 40.1. The molecule has 1 aliphatic rings. The molecule has 0 atom stereocenters. The van der Waals surface area contributed by atoms with E-state index in [0.29, 0.717) is 27.9 Å². The summed E-state index contributed by atoms with van der Waals surface area (Å²) in [5.74, 6) is 0.358. The number of likely N-dealkylation sites (N-methyl/N-ethyl adjacent to an activating group) is 1. The molecule has 6 rings (SSSR count). The Balaban J connectivity index is 1.43. The largest absolute Gasteiger partial charge is 0.496 e. The Labute approximate surface area is 269 Å². The molecule has 238 valence electrons. The molecule has 2 aromatic heterocycles. The monoisotopic (exact) mass is 638 g/mol. The minimum absolute atomic E-state index is 0.153. The van der Waals surface area contributed by atoms with Crippen LogP contribution in [0.2, 0.25) is 0 Å². The Kier molecular flexibility index (Phi) is 7.98. The molecular weight excluding hydrogens is 600 g/mol. The van der Waals surface area contributed by atoms with Gasteiger partial charge in [0.2, 0.25) is 9.84 Å². The van der Waals surface area contributed by atoms with Crippen LogP contribution < -0.4 is 4.74 Å². The van der Waals surface area contributed by atoms with Crippen LogP contribution in [0, 0.1) is 13.8 Å². The van der Waals surface area contributed by atoms with E-state index in [9.17, 15) is 13.2 Å². The molecule has 0 saturated heterocycles. The third-order valence-corrected chi connectivity index (χ3v) is 9.90. The maximum Gasteiger partial charge on any atom is 0.338 e. The zero-order chi connectivity index (χ0) is 33.0. The summed E-state index contributed by atoms with van der Waals surface area (Å²) in [4.78, 5) is 27.3. The third-order valence-electron chi connectivity index (χ3n) is 8.23. The number of nitrogens with zero attached hydrogens (tertiary/aromatic N) is 3. The summed E-state index contributed by atoms with van der Waals surface area (Å²) >= 11 is 0. The van der Waals surface area contributed by atoms with Gasteiger partial charge in [-0.25, -0.2) is 23.2 Å². The number of benzene rings is 3. The standard InChI is InChI=1S/C36H38N4O5S/c1-21-8-10-28(24-16-25-20-40(6)13-12-27(25)30(17-24)44-7)31(14-21)46(42,43)32-19-38-34-33(39-32)29(18-37-34)23-9-11-26(22(2)15-23)35(41)45-36(3,4)5/h8-11,14-19H,12-13,20H2,1-7H3,(H,37,38). The number of fused-ring (bicyclic) bond motifs is 2. The van der Waals surface area contributed by atoms with Crippen LogP contribution in [0.25, 0.3) is 33.4 Å². The smallest absolute Gasteiger partial charge is 0.338 e. The lowest BCUT2D eigenvalue weighted by atomic mass is 9.93. The van der Waals surface area contributed by atoms with Crippen LogP contribution in [-0.4, -0.2) is 60.5 Å². The molecule has 3 heterocycles. The number of H-pyrrole nitrogens is 1. The summed E-state index contributed by atoms with van der Waals surface area (Å²) in [7, 11) is -0.380. The van der Waals surface area contributed by atoms with Crippen molar-refractivity contribution in [2.75, 3.05) is 20.7 Å². The SMILES string of the molecule is COc1cc(-c2ccc(C)cc2S(=O)(=O)c2cnc3[nH]cc(-c4ccc(C(=O)OC(C)(C)C)c(C)c4)c3n2)cc2c1CCN(C)C2. The number of hydrogen-bond donors (Lipinski definition) is 1. The van der Waals surface area contributed by atoms with Crippen LogP contribution in [0.3, 0.4) is 0 Å². The zero-order valence-corrected chi connectivity index (χ0v) is 28.0. The minimum Gasteiger partial charge on any atom is -0.496 e. The lowest BCUT2D eigenvalue weighted by molar-refractivity contribution is 0.00687. The summed E-state index contributed by atoms with van der Waals surface area (Å²) in [6.07, 6.45) is 3.91. The molecule has 9 nitrogen and oxygen atoms in total. The Bertz CT molecular complexity index is 2110. The van der Waals surface area contributed by atoms with Crippen LogP contribution in [0.5, 0.6) is 5.75 Å². The van der Waals surface area contributed by atoms with Gasteiger partial charge in [-0.1, -0.05) is 24.3 Å². The molecule has 10 heteroatoms. The zero-order valence-electron chi connectivity index (χ0n) is 27.2. The first-order valence-corrected chi connectivity index (χ1v) is 16.7. The van der Waals surface area contributed by atoms with Gasteiger partial charge in [-0.2, -0.15) is 0 Å². The Morgan fingerprint density at radius 3 is 2.50 bits per heavy atom. The van der Waals surface area contributed by atoms with E-state index in [2.05, 4.69) is 33.0 Å². The molecule has 0 bridgehead atoms. The number of nitrogens with one attached hydrogen (secondary N) is 1. The minimum atomic E-state index is -4.10. The van der Waals surface area contributed by atoms with E-state index in [1.807, 2.05) is 58.9 Å². The summed E-state index contributed by atoms with van der Waals surface area (Å²) in [6.45, 7) is 10.9. The number of ether oxygens (including phenoxy) is 2. The van der Waals surface area contributed by atoms with E-state index < -0.39 is 21.4 Å². The van der Waals surface area contributed by atoms with Crippen molar-refractivity contribution in [3.8, 4) is 28.0 Å². The highest BCUT2D eigenvalue weighted by atomic mass is 32.2. The first kappa shape index (κ1) is 31.4. The van der Waals surface area contributed by atoms with Crippen molar-refractivity contribution in [2.24, 2.45) is 0 Å². The van der Waals surface area contributed by atoms with E-state index in [0.717, 1.165) is 58.6 Å². The van der Waals surface area contributed by atoms with Gasteiger partial charge in [0, 0.05) is 30.4 Å². The number of aryl methyl sites for hydroxylation is 2. The highest BCUT2D eigenvalue weighted by molar-refractivity contribution is 7.91. The van der Waals surface area contributed by atoms with Gasteiger partial charge in [-0.05, 0) is 106 Å². The van der Waals surface area contributed by atoms with Gasteiger partial charge in [0.15, 0.2) is 10.7 Å². The van der Waals surface area contributed by atoms with Crippen molar-refractivity contribution in [1.29, 1.82) is 0 Å². The second-order valence-electron chi connectivity index (χ2n) is 12.9. The van der Waals surface area contributed by atoms with Crippen molar-refractivity contribution in [1.82, 2.24) is 19.9 Å². The molecule has 0 amide bonds. The third kappa shape index (κ3) is 5.90. The second kappa shape index (κ2) is 11.7. The molecule has 0 spiro atoms. The molecule has 0 fully saturated rings. The van der Waals surface area contributed by atoms with Crippen LogP contribution in [0.15, 0.2) is 70.8 Å². The van der Waals surface area contributed by atoms with Gasteiger partial charge in [0.1, 0.15) is 16.9 Å². The lowest BCUT2D eigenvalue weighted by Gasteiger charge is -2.27. The number of methoxy groups -OCH3 is 1. The Hall–Kier alpha value is -4.54. The van der Waals surface area contributed by atoms with E-state index in [-0.39, 0.29) is 9.92 Å². The first-order chi connectivity index (χ1) is 21.7. The fourth-order valence-corrected chi connectivity index (χ4v) is 7.40. The van der Waals surface area contributed by atoms with Gasteiger partial charge in [0.25, 0.3) is 0 Å². The number of aromatic nitrogens is 3. The number of carbonyl (C=O) groups is 1. The van der Waals surface area contributed by atoms with E-state index in [1.54, 1.807) is 31.5 Å². The molecule has 3 aromatic carbocycles. The highest BCUT2D eigenvalue weighted by Crippen LogP contribution is 2.38. The van der Waals surface area contributed by atoms with E-state index in [1.165, 1.54) is 6.20 Å². The van der Waals surface area contributed by atoms with Crippen LogP contribution in [0.4, 0.5) is 0 Å². The number of sulfone groups is 1. The summed E-state index contributed by atoms with van der Waals surface area (Å²) in [5.41, 5.74) is 7.32. The van der Waals surface area contributed by atoms with Gasteiger partial charge < -0.3 is 19.4 Å². The maximum absolute atomic E-state index is 14.4. The van der Waals surface area contributed by atoms with Gasteiger partial charge in [-0.15, -0.1) is 0 Å².